The van der Waals surface area contributed by atoms with Crippen LogP contribution in [0.3, 0.4) is 0 Å². The van der Waals surface area contributed by atoms with Crippen LogP contribution in [0.4, 0.5) is 18.7 Å². The van der Waals surface area contributed by atoms with E-state index in [1.807, 2.05) is 65.6 Å². The van der Waals surface area contributed by atoms with Crippen molar-refractivity contribution in [1.29, 1.82) is 0 Å². The smallest absolute Gasteiger partial charge is 0.407 e. The molecule has 3 aromatic carbocycles. The zero-order valence-corrected chi connectivity index (χ0v) is 41.5. The molecule has 1 aromatic heterocycles. The molecule has 0 spiro atoms. The highest BCUT2D eigenvalue weighted by Gasteiger charge is 2.43. The first kappa shape index (κ1) is 53.1. The van der Waals surface area contributed by atoms with Gasteiger partial charge in [0.25, 0.3) is 11.8 Å². The minimum absolute atomic E-state index is 0.185. The number of amides is 6. The van der Waals surface area contributed by atoms with Crippen LogP contribution in [0.15, 0.2) is 78.2 Å². The van der Waals surface area contributed by atoms with Crippen LogP contribution < -0.4 is 36.2 Å². The Morgan fingerprint density at radius 1 is 0.806 bits per heavy atom. The molecule has 2 saturated heterocycles. The second kappa shape index (κ2) is 26.1. The number of aromatic nitrogens is 1. The number of benzene rings is 3. The van der Waals surface area contributed by atoms with Crippen LogP contribution in [-0.2, 0) is 33.4 Å². The minimum atomic E-state index is -1.23. The SMILES string of the molecule is CNC(=O)OC(C)C(=O)NC(C(=O)N1CCC[C@H]1C(=O)NC(C(=O)NCCCCNC(=O)COc1c(-c2csc(N3CCOCC3)n2)ccc(F)c1F)C(c1ccccc1)c1ccccc1)C1CCCCC1. The number of nitrogens with one attached hydrogen (secondary N) is 5. The third kappa shape index (κ3) is 13.8. The monoisotopic (exact) mass is 1010 g/mol. The average molecular weight is 1020 g/mol. The van der Waals surface area contributed by atoms with Gasteiger partial charge in [-0.05, 0) is 74.6 Å². The zero-order chi connectivity index (χ0) is 51.0. The van der Waals surface area contributed by atoms with E-state index in [2.05, 4.69) is 31.6 Å². The molecule has 4 aromatic rings. The number of hydrogen-bond donors (Lipinski definition) is 5. The van der Waals surface area contributed by atoms with Crippen LogP contribution in [0.1, 0.15) is 81.8 Å². The predicted molar refractivity (Wildman–Crippen MR) is 266 cm³/mol. The Balaban J connectivity index is 0.983. The number of ether oxygens (including phenoxy) is 3. The number of carbonyl (C=O) groups excluding carboxylic acids is 6. The standard InChI is InChI=1S/C52H64F2N8O9S/c1-33(71-52(68)55-2)47(64)59-44(36-19-10-5-11-20-36)50(67)62-26-14-21-40(62)48(65)60-45(42(34-15-6-3-7-16-34)35-17-8-4-9-18-35)49(66)57-25-13-12-24-56-41(63)31-70-46-37(22-23-38(53)43(46)54)39-32-72-51(58-39)61-27-29-69-30-28-61/h3-4,6-9,15-18,22-23,32-33,36,40,42,44-45H,5,10-14,19-21,24-31H2,1-2H3,(H,55,68)(H,56,63)(H,57,66)(H,59,64)(H,60,65)/t33?,40-,44?,45?/m0/s1. The largest absolute Gasteiger partial charge is 0.480 e. The maximum atomic E-state index is 15.1. The normalized spacial score (nSPS) is 17.3. The first-order valence-electron chi connectivity index (χ1n) is 24.8. The van der Waals surface area contributed by atoms with E-state index in [4.69, 9.17) is 14.2 Å². The van der Waals surface area contributed by atoms with E-state index in [1.165, 1.54) is 36.3 Å². The molecule has 3 heterocycles. The van der Waals surface area contributed by atoms with E-state index in [0.29, 0.717) is 75.7 Å². The van der Waals surface area contributed by atoms with Crippen molar-refractivity contribution in [2.24, 2.45) is 5.92 Å². The number of nitrogens with zero attached hydrogens (tertiary/aromatic N) is 3. The minimum Gasteiger partial charge on any atom is -0.480 e. The van der Waals surface area contributed by atoms with Crippen LogP contribution in [0.2, 0.25) is 0 Å². The predicted octanol–water partition coefficient (Wildman–Crippen LogP) is 5.43. The molecule has 72 heavy (non-hydrogen) atoms. The van der Waals surface area contributed by atoms with Gasteiger partial charge in [-0.1, -0.05) is 79.9 Å². The Bertz CT molecular complexity index is 2440. The van der Waals surface area contributed by atoms with Crippen molar-refractivity contribution in [3.63, 3.8) is 0 Å². The van der Waals surface area contributed by atoms with Crippen molar-refractivity contribution in [2.45, 2.75) is 94.9 Å². The summed E-state index contributed by atoms with van der Waals surface area (Å²) in [5.41, 5.74) is 2.15. The summed E-state index contributed by atoms with van der Waals surface area (Å²) in [5, 5.41) is 16.4. The van der Waals surface area contributed by atoms with Gasteiger partial charge < -0.3 is 50.6 Å². The highest BCUT2D eigenvalue weighted by Crippen LogP contribution is 2.37. The van der Waals surface area contributed by atoms with E-state index >= 15 is 4.39 Å². The molecule has 1 aliphatic carbocycles. The summed E-state index contributed by atoms with van der Waals surface area (Å²) in [6.45, 7) is 3.91. The lowest BCUT2D eigenvalue weighted by Crippen LogP contribution is -2.59. The van der Waals surface area contributed by atoms with E-state index in [9.17, 15) is 33.2 Å². The summed E-state index contributed by atoms with van der Waals surface area (Å²) >= 11 is 1.36. The first-order valence-corrected chi connectivity index (χ1v) is 25.6. The number of halogens is 2. The third-order valence-corrected chi connectivity index (χ3v) is 14.2. The average Bonchev–Trinajstić information content (AvgIpc) is 4.12. The van der Waals surface area contributed by atoms with Gasteiger partial charge in [0.15, 0.2) is 29.4 Å². The van der Waals surface area contributed by atoms with Gasteiger partial charge >= 0.3 is 6.09 Å². The molecule has 3 unspecified atom stereocenters. The summed E-state index contributed by atoms with van der Waals surface area (Å²) < 4.78 is 45.7. The molecule has 3 fully saturated rings. The quantitative estimate of drug-likeness (QED) is 0.0665. The Labute approximate surface area is 422 Å². The number of anilines is 1. The van der Waals surface area contributed by atoms with Crippen LogP contribution >= 0.6 is 11.3 Å². The number of morpholine rings is 1. The number of carbonyl (C=O) groups is 6. The molecule has 20 heteroatoms. The van der Waals surface area contributed by atoms with Crippen LogP contribution in [-0.4, -0.2) is 129 Å². The lowest BCUT2D eigenvalue weighted by molar-refractivity contribution is -0.144. The van der Waals surface area contributed by atoms with Gasteiger partial charge in [-0.15, -0.1) is 11.3 Å². The maximum Gasteiger partial charge on any atom is 0.407 e. The van der Waals surface area contributed by atoms with Crippen LogP contribution in [0.5, 0.6) is 5.75 Å². The molecule has 0 radical (unpaired) electrons. The van der Waals surface area contributed by atoms with Gasteiger partial charge in [0.1, 0.15) is 18.1 Å². The van der Waals surface area contributed by atoms with E-state index in [0.717, 1.165) is 36.5 Å². The molecular weight excluding hydrogens is 951 g/mol. The van der Waals surface area contributed by atoms with Crippen molar-refractivity contribution >= 4 is 52.1 Å². The van der Waals surface area contributed by atoms with Crippen molar-refractivity contribution in [2.75, 3.05) is 64.5 Å². The summed E-state index contributed by atoms with van der Waals surface area (Å²) in [6, 6.07) is 18.1. The fourth-order valence-corrected chi connectivity index (χ4v) is 10.4. The summed E-state index contributed by atoms with van der Waals surface area (Å²) in [6.07, 6.45) is 3.94. The molecule has 386 valence electrons. The Hall–Kier alpha value is -6.67. The Morgan fingerprint density at radius 3 is 2.14 bits per heavy atom. The molecule has 5 N–H and O–H groups in total. The third-order valence-electron chi connectivity index (χ3n) is 13.3. The number of rotatable bonds is 21. The lowest BCUT2D eigenvalue weighted by atomic mass is 9.83. The fraction of sp³-hybridized carbons (Fsp3) is 0.481. The van der Waals surface area contributed by atoms with Gasteiger partial charge in [0, 0.05) is 56.6 Å². The van der Waals surface area contributed by atoms with Gasteiger partial charge in [0.05, 0.1) is 18.9 Å². The second-order valence-corrected chi connectivity index (χ2v) is 19.0. The summed E-state index contributed by atoms with van der Waals surface area (Å²) in [4.78, 5) is 90.0. The molecule has 2 aliphatic heterocycles. The number of hydrogen-bond acceptors (Lipinski definition) is 12. The maximum absolute atomic E-state index is 15.1. The molecule has 4 atom stereocenters. The van der Waals surface area contributed by atoms with E-state index in [1.54, 1.807) is 5.38 Å². The topological polar surface area (TPSA) is 210 Å². The van der Waals surface area contributed by atoms with Crippen LogP contribution in [0.25, 0.3) is 11.3 Å². The summed E-state index contributed by atoms with van der Waals surface area (Å²) in [7, 11) is 1.38. The lowest BCUT2D eigenvalue weighted by Gasteiger charge is -2.35. The molecule has 17 nitrogen and oxygen atoms in total. The van der Waals surface area contributed by atoms with Gasteiger partial charge in [-0.3, -0.25) is 24.0 Å². The number of unbranched alkanes of at least 4 members (excludes halogenated alkanes) is 1. The number of likely N-dealkylation sites (tertiary alicyclic amines) is 1. The van der Waals surface area contributed by atoms with Gasteiger partial charge in [-0.2, -0.15) is 4.39 Å². The zero-order valence-electron chi connectivity index (χ0n) is 40.7. The molecule has 1 saturated carbocycles. The summed E-state index contributed by atoms with van der Waals surface area (Å²) in [5.74, 6) is -6.15. The molecule has 6 amide bonds. The Kier molecular flexibility index (Phi) is 19.3. The molecule has 0 bridgehead atoms. The van der Waals surface area contributed by atoms with Crippen molar-refractivity contribution < 1.29 is 51.8 Å². The number of alkyl carbamates (subject to hydrolysis) is 1. The highest BCUT2D eigenvalue weighted by molar-refractivity contribution is 7.14. The van der Waals surface area contributed by atoms with Gasteiger partial charge in [-0.25, -0.2) is 14.2 Å². The van der Waals surface area contributed by atoms with E-state index < -0.39 is 89.8 Å². The first-order chi connectivity index (χ1) is 34.9. The Morgan fingerprint density at radius 2 is 1.47 bits per heavy atom. The van der Waals surface area contributed by atoms with E-state index in [-0.39, 0.29) is 31.1 Å². The highest BCUT2D eigenvalue weighted by atomic mass is 32.1. The van der Waals surface area contributed by atoms with Crippen molar-refractivity contribution in [1.82, 2.24) is 36.5 Å². The van der Waals surface area contributed by atoms with Gasteiger partial charge in [0.2, 0.25) is 23.5 Å². The number of thiazole rings is 1. The van der Waals surface area contributed by atoms with Crippen molar-refractivity contribution in [3.8, 4) is 17.0 Å². The van der Waals surface area contributed by atoms with Crippen LogP contribution in [0, 0.1) is 17.6 Å². The fourth-order valence-electron chi connectivity index (χ4n) is 9.47. The second-order valence-electron chi connectivity index (χ2n) is 18.1. The molecule has 3 aliphatic rings. The molecular formula is C52H64F2N8O9S. The van der Waals surface area contributed by atoms with Crippen molar-refractivity contribution in [3.05, 3.63) is 101 Å². The molecule has 7 rings (SSSR count).